The van der Waals surface area contributed by atoms with Crippen molar-refractivity contribution >= 4 is 10.0 Å². The van der Waals surface area contributed by atoms with Crippen LogP contribution in [0.15, 0.2) is 45.9 Å². The first kappa shape index (κ1) is 16.6. The summed E-state index contributed by atoms with van der Waals surface area (Å²) in [4.78, 5) is -1.07. The van der Waals surface area contributed by atoms with E-state index >= 15 is 0 Å². The predicted octanol–water partition coefficient (Wildman–Crippen LogP) is 1.83. The molecule has 0 radical (unpaired) electrons. The van der Waals surface area contributed by atoms with Crippen molar-refractivity contribution in [2.45, 2.75) is 23.8 Å². The molecule has 0 saturated carbocycles. The topological polar surface area (TPSA) is 79.5 Å². The van der Waals surface area contributed by atoms with Gasteiger partial charge in [0.2, 0.25) is 10.0 Å². The van der Waals surface area contributed by atoms with Gasteiger partial charge in [0.25, 0.3) is 0 Å². The van der Waals surface area contributed by atoms with Crippen LogP contribution in [0.3, 0.4) is 0 Å². The van der Waals surface area contributed by atoms with Crippen LogP contribution in [-0.2, 0) is 16.4 Å². The van der Waals surface area contributed by atoms with Gasteiger partial charge in [0.15, 0.2) is 4.90 Å². The lowest BCUT2D eigenvalue weighted by molar-refractivity contribution is 0.0603. The highest BCUT2D eigenvalue weighted by Gasteiger charge is 2.29. The van der Waals surface area contributed by atoms with Gasteiger partial charge in [0.1, 0.15) is 17.4 Å². The van der Waals surface area contributed by atoms with E-state index < -0.39 is 38.7 Å². The minimum Gasteiger partial charge on any atom is -0.469 e. The molecular formula is C14H15F2NO4S. The highest BCUT2D eigenvalue weighted by molar-refractivity contribution is 7.89. The molecule has 1 heterocycles. The van der Waals surface area contributed by atoms with Crippen LogP contribution in [0.1, 0.15) is 12.7 Å². The normalized spacial score (nSPS) is 14.7. The molecule has 1 aromatic heterocycles. The first-order valence-corrected chi connectivity index (χ1v) is 7.88. The van der Waals surface area contributed by atoms with Crippen LogP contribution in [0.25, 0.3) is 0 Å². The van der Waals surface area contributed by atoms with E-state index in [9.17, 15) is 22.3 Å². The molecule has 0 spiro atoms. The van der Waals surface area contributed by atoms with E-state index in [-0.39, 0.29) is 6.42 Å². The van der Waals surface area contributed by atoms with Crippen LogP contribution in [0, 0.1) is 11.6 Å². The van der Waals surface area contributed by atoms with Gasteiger partial charge in [-0.25, -0.2) is 21.9 Å². The van der Waals surface area contributed by atoms with Crippen molar-refractivity contribution < 1.29 is 26.7 Å². The number of halogens is 2. The van der Waals surface area contributed by atoms with E-state index in [0.29, 0.717) is 5.76 Å². The lowest BCUT2D eigenvalue weighted by Gasteiger charge is -2.22. The van der Waals surface area contributed by atoms with Crippen molar-refractivity contribution in [1.29, 1.82) is 0 Å². The summed E-state index contributed by atoms with van der Waals surface area (Å²) in [6.07, 6.45) is 1.46. The van der Waals surface area contributed by atoms with E-state index in [1.165, 1.54) is 13.2 Å². The Kier molecular flexibility index (Phi) is 4.64. The smallest absolute Gasteiger partial charge is 0.246 e. The third-order valence-corrected chi connectivity index (χ3v) is 4.42. The number of rotatable bonds is 6. The third-order valence-electron chi connectivity index (χ3n) is 2.97. The van der Waals surface area contributed by atoms with E-state index in [1.54, 1.807) is 12.1 Å². The van der Waals surface area contributed by atoms with Crippen LogP contribution in [0.2, 0.25) is 0 Å². The second-order valence-corrected chi connectivity index (χ2v) is 6.83. The summed E-state index contributed by atoms with van der Waals surface area (Å²) in [6.45, 7) is 0.958. The van der Waals surface area contributed by atoms with Crippen LogP contribution >= 0.6 is 0 Å². The maximum absolute atomic E-state index is 13.5. The van der Waals surface area contributed by atoms with Gasteiger partial charge in [0, 0.05) is 13.0 Å². The van der Waals surface area contributed by atoms with Gasteiger partial charge in [0.05, 0.1) is 11.9 Å². The molecule has 5 nitrogen and oxygen atoms in total. The maximum Gasteiger partial charge on any atom is 0.246 e. The van der Waals surface area contributed by atoms with Crippen molar-refractivity contribution in [3.8, 4) is 0 Å². The second kappa shape index (κ2) is 6.15. The Balaban J connectivity index is 2.12. The van der Waals surface area contributed by atoms with Crippen molar-refractivity contribution in [2.24, 2.45) is 0 Å². The Hall–Kier alpha value is -1.77. The Morgan fingerprint density at radius 2 is 1.86 bits per heavy atom. The fraction of sp³-hybridized carbons (Fsp3) is 0.286. The van der Waals surface area contributed by atoms with E-state index in [2.05, 4.69) is 0 Å². The summed E-state index contributed by atoms with van der Waals surface area (Å²) in [5, 5.41) is 10.2. The fourth-order valence-corrected chi connectivity index (χ4v) is 3.21. The number of furan rings is 1. The van der Waals surface area contributed by atoms with Gasteiger partial charge in [-0.2, -0.15) is 0 Å². The van der Waals surface area contributed by atoms with Gasteiger partial charge in [-0.15, -0.1) is 0 Å². The lowest BCUT2D eigenvalue weighted by Crippen LogP contribution is -2.42. The molecule has 1 atom stereocenters. The Labute approximate surface area is 126 Å². The number of hydrogen-bond donors (Lipinski definition) is 2. The van der Waals surface area contributed by atoms with Crippen LogP contribution in [0.5, 0.6) is 0 Å². The molecule has 0 bridgehead atoms. The van der Waals surface area contributed by atoms with E-state index in [0.717, 1.165) is 18.2 Å². The first-order chi connectivity index (χ1) is 10.2. The quantitative estimate of drug-likeness (QED) is 0.846. The molecule has 0 aliphatic heterocycles. The summed E-state index contributed by atoms with van der Waals surface area (Å²) in [5.41, 5.74) is -1.48. The van der Waals surface area contributed by atoms with Gasteiger partial charge < -0.3 is 9.52 Å². The molecule has 8 heteroatoms. The average Bonchev–Trinajstić information content (AvgIpc) is 2.88. The zero-order chi connectivity index (χ0) is 16.4. The van der Waals surface area contributed by atoms with Crippen LogP contribution < -0.4 is 4.72 Å². The number of aliphatic hydroxyl groups is 1. The Bertz CT molecular complexity index is 722. The second-order valence-electron chi connectivity index (χ2n) is 5.13. The highest BCUT2D eigenvalue weighted by Crippen LogP contribution is 2.19. The number of benzene rings is 1. The number of nitrogens with one attached hydrogen (secondary N) is 1. The summed E-state index contributed by atoms with van der Waals surface area (Å²) in [5.74, 6) is -1.93. The summed E-state index contributed by atoms with van der Waals surface area (Å²) in [6, 6.07) is 6.01. The van der Waals surface area contributed by atoms with Crippen molar-refractivity contribution in [2.75, 3.05) is 6.54 Å². The van der Waals surface area contributed by atoms with Crippen molar-refractivity contribution in [3.05, 3.63) is 54.0 Å². The predicted molar refractivity (Wildman–Crippen MR) is 74.6 cm³/mol. The van der Waals surface area contributed by atoms with Gasteiger partial charge in [-0.05, 0) is 31.2 Å². The molecule has 1 aromatic carbocycles. The highest BCUT2D eigenvalue weighted by atomic mass is 32.2. The molecule has 2 aromatic rings. The molecule has 0 aliphatic carbocycles. The average molecular weight is 331 g/mol. The van der Waals surface area contributed by atoms with Crippen LogP contribution in [-0.4, -0.2) is 25.7 Å². The first-order valence-electron chi connectivity index (χ1n) is 6.40. The Morgan fingerprint density at radius 3 is 2.41 bits per heavy atom. The van der Waals surface area contributed by atoms with Crippen LogP contribution in [0.4, 0.5) is 8.78 Å². The molecule has 0 saturated heterocycles. The molecule has 1 unspecified atom stereocenters. The zero-order valence-electron chi connectivity index (χ0n) is 11.7. The minimum absolute atomic E-state index is 0.0439. The molecule has 2 rings (SSSR count). The molecule has 2 N–H and O–H groups in total. The molecule has 0 fully saturated rings. The molecule has 0 aliphatic rings. The monoisotopic (exact) mass is 331 g/mol. The molecule has 120 valence electrons. The summed E-state index contributed by atoms with van der Waals surface area (Å²) < 4.78 is 58.1. The minimum atomic E-state index is -4.42. The molecule has 22 heavy (non-hydrogen) atoms. The van der Waals surface area contributed by atoms with Crippen molar-refractivity contribution in [1.82, 2.24) is 4.72 Å². The SMILES string of the molecule is CC(O)(CNS(=O)(=O)c1c(F)cccc1F)Cc1ccco1. The third kappa shape index (κ3) is 3.90. The zero-order valence-corrected chi connectivity index (χ0v) is 12.5. The number of sulfonamides is 1. The standard InChI is InChI=1S/C14H15F2NO4S/c1-14(18,8-10-4-3-7-21-10)9-17-22(19,20)13-11(15)5-2-6-12(13)16/h2-7,17-18H,8-9H2,1H3. The van der Waals surface area contributed by atoms with Gasteiger partial charge in [-0.1, -0.05) is 6.07 Å². The lowest BCUT2D eigenvalue weighted by atomic mass is 10.0. The number of hydrogen-bond acceptors (Lipinski definition) is 4. The van der Waals surface area contributed by atoms with E-state index in [1.807, 2.05) is 4.72 Å². The summed E-state index contributed by atoms with van der Waals surface area (Å²) in [7, 11) is -4.42. The maximum atomic E-state index is 13.5. The molecule has 0 amide bonds. The summed E-state index contributed by atoms with van der Waals surface area (Å²) >= 11 is 0. The fourth-order valence-electron chi connectivity index (χ4n) is 1.91. The van der Waals surface area contributed by atoms with Gasteiger partial charge in [-0.3, -0.25) is 0 Å². The van der Waals surface area contributed by atoms with E-state index in [4.69, 9.17) is 4.42 Å². The molecular weight excluding hydrogens is 316 g/mol. The van der Waals surface area contributed by atoms with Crippen molar-refractivity contribution in [3.63, 3.8) is 0 Å². The Morgan fingerprint density at radius 1 is 1.23 bits per heavy atom. The van der Waals surface area contributed by atoms with Gasteiger partial charge >= 0.3 is 0 Å². The largest absolute Gasteiger partial charge is 0.469 e.